The fourth-order valence-electron chi connectivity index (χ4n) is 1.05. The Balaban J connectivity index is 2.91. The Bertz CT molecular complexity index is 291. The van der Waals surface area contributed by atoms with Crippen LogP contribution in [0.2, 0.25) is 0 Å². The van der Waals surface area contributed by atoms with E-state index in [4.69, 9.17) is 0 Å². The van der Waals surface area contributed by atoms with Crippen molar-refractivity contribution in [1.82, 2.24) is 0 Å². The molecule has 1 aromatic carbocycles. The molecular weight excluding hydrogens is 194 g/mol. The summed E-state index contributed by atoms with van der Waals surface area (Å²) in [6, 6.07) is 3.03. The van der Waals surface area contributed by atoms with E-state index in [9.17, 15) is 13.9 Å². The number of aliphatic hydroxyl groups excluding tert-OH is 1. The molecule has 0 aliphatic carbocycles. The molecule has 0 heterocycles. The van der Waals surface area contributed by atoms with E-state index in [0.717, 1.165) is 18.2 Å². The van der Waals surface area contributed by atoms with Crippen molar-refractivity contribution in [2.45, 2.75) is 12.5 Å². The monoisotopic (exact) mass is 204 g/mol. The third kappa shape index (κ3) is 2.67. The summed E-state index contributed by atoms with van der Waals surface area (Å²) in [5.74, 6) is -0.706. The Morgan fingerprint density at radius 1 is 1.38 bits per heavy atom. The lowest BCUT2D eigenvalue weighted by atomic mass is 10.1. The number of benzene rings is 1. The molecule has 0 amide bonds. The van der Waals surface area contributed by atoms with Crippen LogP contribution < -0.4 is 0 Å². The van der Waals surface area contributed by atoms with Gasteiger partial charge in [0, 0.05) is 5.56 Å². The topological polar surface area (TPSA) is 20.2 Å². The highest BCUT2D eigenvalue weighted by Gasteiger charge is 2.12. The largest absolute Gasteiger partial charge is 0.388 e. The number of halogens is 2. The van der Waals surface area contributed by atoms with Crippen molar-refractivity contribution < 1.29 is 13.9 Å². The Labute approximate surface area is 80.8 Å². The van der Waals surface area contributed by atoms with Gasteiger partial charge >= 0.3 is 0 Å². The highest BCUT2D eigenvalue weighted by Crippen LogP contribution is 2.21. The van der Waals surface area contributed by atoms with Gasteiger partial charge in [0.15, 0.2) is 0 Å². The lowest BCUT2D eigenvalue weighted by molar-refractivity contribution is 0.170. The molecule has 0 bridgehead atoms. The van der Waals surface area contributed by atoms with E-state index in [1.54, 1.807) is 0 Å². The second-order valence-corrected chi connectivity index (χ2v) is 3.14. The molecule has 0 radical (unpaired) electrons. The summed E-state index contributed by atoms with van der Waals surface area (Å²) in [5, 5.41) is 9.37. The van der Waals surface area contributed by atoms with Gasteiger partial charge in [-0.2, -0.15) is 12.6 Å². The number of aliphatic hydroxyl groups is 1. The highest BCUT2D eigenvalue weighted by atomic mass is 32.1. The van der Waals surface area contributed by atoms with Crippen LogP contribution in [0.4, 0.5) is 8.78 Å². The quantitative estimate of drug-likeness (QED) is 0.724. The van der Waals surface area contributed by atoms with Crippen molar-refractivity contribution in [2.24, 2.45) is 0 Å². The predicted molar refractivity (Wildman–Crippen MR) is 49.8 cm³/mol. The summed E-state index contributed by atoms with van der Waals surface area (Å²) < 4.78 is 25.6. The SMILES string of the molecule is OC(CCS)c1cc(F)ccc1F. The van der Waals surface area contributed by atoms with Crippen LogP contribution in [0.5, 0.6) is 0 Å². The minimum atomic E-state index is -0.979. The van der Waals surface area contributed by atoms with Crippen molar-refractivity contribution in [2.75, 3.05) is 5.75 Å². The summed E-state index contributed by atoms with van der Waals surface area (Å²) in [4.78, 5) is 0. The second kappa shape index (κ2) is 4.58. The Kier molecular flexibility index (Phi) is 3.69. The van der Waals surface area contributed by atoms with Crippen LogP contribution in [0.25, 0.3) is 0 Å². The molecular formula is C9H10F2OS. The zero-order chi connectivity index (χ0) is 9.84. The maximum absolute atomic E-state index is 13.0. The molecule has 1 nitrogen and oxygen atoms in total. The van der Waals surface area contributed by atoms with Crippen molar-refractivity contribution in [1.29, 1.82) is 0 Å². The average Bonchev–Trinajstić information content (AvgIpc) is 2.09. The van der Waals surface area contributed by atoms with Crippen LogP contribution in [0.1, 0.15) is 18.1 Å². The van der Waals surface area contributed by atoms with Crippen molar-refractivity contribution in [3.63, 3.8) is 0 Å². The highest BCUT2D eigenvalue weighted by molar-refractivity contribution is 7.80. The third-order valence-corrected chi connectivity index (χ3v) is 1.98. The predicted octanol–water partition coefficient (Wildman–Crippen LogP) is 2.32. The number of thiol groups is 1. The first-order valence-electron chi connectivity index (χ1n) is 3.89. The maximum atomic E-state index is 13.0. The van der Waals surface area contributed by atoms with Crippen molar-refractivity contribution in [3.8, 4) is 0 Å². The van der Waals surface area contributed by atoms with Gasteiger partial charge in [-0.05, 0) is 30.4 Å². The summed E-state index contributed by atoms with van der Waals surface area (Å²) in [5.41, 5.74) is -0.00551. The van der Waals surface area contributed by atoms with Gasteiger partial charge in [-0.15, -0.1) is 0 Å². The molecule has 0 aliphatic heterocycles. The van der Waals surface area contributed by atoms with Crippen LogP contribution in [0, 0.1) is 11.6 Å². The molecule has 1 N–H and O–H groups in total. The zero-order valence-corrected chi connectivity index (χ0v) is 7.77. The Morgan fingerprint density at radius 2 is 2.08 bits per heavy atom. The van der Waals surface area contributed by atoms with Gasteiger partial charge in [-0.25, -0.2) is 8.78 Å². The van der Waals surface area contributed by atoms with E-state index < -0.39 is 17.7 Å². The lowest BCUT2D eigenvalue weighted by Crippen LogP contribution is -2.02. The first-order chi connectivity index (χ1) is 6.15. The van der Waals surface area contributed by atoms with Crippen LogP contribution in [-0.2, 0) is 0 Å². The van der Waals surface area contributed by atoms with E-state index >= 15 is 0 Å². The van der Waals surface area contributed by atoms with Gasteiger partial charge in [0.2, 0.25) is 0 Å². The van der Waals surface area contributed by atoms with Gasteiger partial charge in [0.25, 0.3) is 0 Å². The summed E-state index contributed by atoms with van der Waals surface area (Å²) in [6.07, 6.45) is -0.670. The van der Waals surface area contributed by atoms with Crippen LogP contribution in [0.3, 0.4) is 0 Å². The minimum Gasteiger partial charge on any atom is -0.388 e. The van der Waals surface area contributed by atoms with Gasteiger partial charge in [0.1, 0.15) is 11.6 Å². The summed E-state index contributed by atoms with van der Waals surface area (Å²) >= 11 is 3.89. The van der Waals surface area contributed by atoms with Crippen LogP contribution >= 0.6 is 12.6 Å². The summed E-state index contributed by atoms with van der Waals surface area (Å²) in [7, 11) is 0. The molecule has 1 rings (SSSR count). The first-order valence-corrected chi connectivity index (χ1v) is 4.52. The maximum Gasteiger partial charge on any atom is 0.129 e. The Hall–Kier alpha value is -0.610. The van der Waals surface area contributed by atoms with Crippen LogP contribution in [-0.4, -0.2) is 10.9 Å². The number of hydrogen-bond donors (Lipinski definition) is 2. The van der Waals surface area contributed by atoms with Gasteiger partial charge < -0.3 is 5.11 Å². The van der Waals surface area contributed by atoms with Crippen molar-refractivity contribution >= 4 is 12.6 Å². The fourth-order valence-corrected chi connectivity index (χ4v) is 1.29. The Morgan fingerprint density at radius 3 is 2.69 bits per heavy atom. The van der Waals surface area contributed by atoms with Gasteiger partial charge in [0.05, 0.1) is 6.10 Å². The van der Waals surface area contributed by atoms with E-state index in [1.807, 2.05) is 0 Å². The van der Waals surface area contributed by atoms with E-state index in [0.29, 0.717) is 12.2 Å². The molecule has 0 saturated carbocycles. The smallest absolute Gasteiger partial charge is 0.129 e. The summed E-state index contributed by atoms with van der Waals surface area (Å²) in [6.45, 7) is 0. The molecule has 0 spiro atoms. The fraction of sp³-hybridized carbons (Fsp3) is 0.333. The first kappa shape index (κ1) is 10.5. The minimum absolute atomic E-state index is 0.00551. The molecule has 0 aliphatic rings. The molecule has 13 heavy (non-hydrogen) atoms. The normalized spacial score (nSPS) is 12.9. The third-order valence-electron chi connectivity index (χ3n) is 1.72. The molecule has 1 unspecified atom stereocenters. The number of hydrogen-bond acceptors (Lipinski definition) is 2. The van der Waals surface area contributed by atoms with Crippen molar-refractivity contribution in [3.05, 3.63) is 35.4 Å². The lowest BCUT2D eigenvalue weighted by Gasteiger charge is -2.09. The van der Waals surface area contributed by atoms with E-state index in [1.165, 1.54) is 0 Å². The molecule has 0 fully saturated rings. The average molecular weight is 204 g/mol. The van der Waals surface area contributed by atoms with Crippen LogP contribution in [0.15, 0.2) is 18.2 Å². The van der Waals surface area contributed by atoms with Gasteiger partial charge in [-0.3, -0.25) is 0 Å². The zero-order valence-electron chi connectivity index (χ0n) is 6.87. The van der Waals surface area contributed by atoms with E-state index in [2.05, 4.69) is 12.6 Å². The molecule has 72 valence electrons. The molecule has 1 atom stereocenters. The standard InChI is InChI=1S/C9H10F2OS/c10-6-1-2-8(11)7(5-6)9(12)3-4-13/h1-2,5,9,12-13H,3-4H2. The molecule has 0 saturated heterocycles. The second-order valence-electron chi connectivity index (χ2n) is 2.69. The van der Waals surface area contributed by atoms with Gasteiger partial charge in [-0.1, -0.05) is 0 Å². The molecule has 1 aromatic rings. The van der Waals surface area contributed by atoms with E-state index in [-0.39, 0.29) is 5.56 Å². The number of rotatable bonds is 3. The molecule has 4 heteroatoms. The molecule has 0 aromatic heterocycles.